The molecule has 1 aliphatic rings. The molecule has 26 heavy (non-hydrogen) atoms. The zero-order chi connectivity index (χ0) is 17.4. The van der Waals surface area contributed by atoms with Gasteiger partial charge in [-0.1, -0.05) is 13.8 Å². The van der Waals surface area contributed by atoms with E-state index >= 15 is 0 Å². The van der Waals surface area contributed by atoms with Crippen LogP contribution in [0.15, 0.2) is 12.3 Å². The molecule has 0 bridgehead atoms. The summed E-state index contributed by atoms with van der Waals surface area (Å²) in [5.74, 6) is 0.714. The fourth-order valence-electron chi connectivity index (χ4n) is 2.90. The van der Waals surface area contributed by atoms with Gasteiger partial charge < -0.3 is 11.1 Å². The normalized spacial score (nSPS) is 14.9. The maximum absolute atomic E-state index is 12.7. The molecular weight excluding hydrogens is 373 g/mol. The van der Waals surface area contributed by atoms with Gasteiger partial charge in [-0.3, -0.25) is 4.79 Å². The highest BCUT2D eigenvalue weighted by atomic mass is 35.5. The van der Waals surface area contributed by atoms with Gasteiger partial charge in [0.2, 0.25) is 0 Å². The van der Waals surface area contributed by atoms with Gasteiger partial charge >= 0.3 is 0 Å². The lowest BCUT2D eigenvalue weighted by Crippen LogP contribution is -2.38. The van der Waals surface area contributed by atoms with Crippen molar-refractivity contribution in [2.45, 2.75) is 58.5 Å². The molecule has 0 spiro atoms. The number of nitrogens with one attached hydrogen (secondary N) is 1. The number of fused-ring (bicyclic) bond motifs is 1. The van der Waals surface area contributed by atoms with Crippen molar-refractivity contribution in [1.82, 2.24) is 20.1 Å². The Morgan fingerprint density at radius 2 is 1.96 bits per heavy atom. The van der Waals surface area contributed by atoms with Crippen LogP contribution in [0.5, 0.6) is 0 Å². The van der Waals surface area contributed by atoms with Gasteiger partial charge in [-0.25, -0.2) is 9.67 Å². The summed E-state index contributed by atoms with van der Waals surface area (Å²) >= 11 is 0. The van der Waals surface area contributed by atoms with E-state index in [2.05, 4.69) is 38.1 Å². The first-order valence-corrected chi connectivity index (χ1v) is 8.80. The Bertz CT molecular complexity index is 755. The molecule has 0 saturated heterocycles. The molecule has 146 valence electrons. The monoisotopic (exact) mass is 401 g/mol. The molecule has 0 aromatic carbocycles. The molecular formula is C18H29Cl2N5O. The van der Waals surface area contributed by atoms with Crippen molar-refractivity contribution in [3.8, 4) is 0 Å². The number of pyridine rings is 1. The maximum Gasteiger partial charge on any atom is 0.252 e. The van der Waals surface area contributed by atoms with Crippen LogP contribution in [0.25, 0.3) is 11.0 Å². The lowest BCUT2D eigenvalue weighted by atomic mass is 10.0. The fraction of sp³-hybridized carbons (Fsp3) is 0.611. The minimum atomic E-state index is -0.0938. The number of carbonyl (C=O) groups excluding carboxylic acids is 1. The predicted octanol–water partition coefficient (Wildman–Crippen LogP) is 3.45. The average molecular weight is 402 g/mol. The largest absolute Gasteiger partial charge is 0.350 e. The first-order valence-electron chi connectivity index (χ1n) is 8.80. The third-order valence-electron chi connectivity index (χ3n) is 4.64. The van der Waals surface area contributed by atoms with Gasteiger partial charge in [-0.2, -0.15) is 5.10 Å². The molecule has 1 aliphatic carbocycles. The molecule has 1 amide bonds. The van der Waals surface area contributed by atoms with E-state index in [1.165, 1.54) is 12.8 Å². The van der Waals surface area contributed by atoms with Crippen LogP contribution in [0.2, 0.25) is 0 Å². The lowest BCUT2D eigenvalue weighted by molar-refractivity contribution is 0.0951. The molecule has 2 heterocycles. The van der Waals surface area contributed by atoms with Crippen LogP contribution in [-0.4, -0.2) is 33.3 Å². The van der Waals surface area contributed by atoms with Gasteiger partial charge in [-0.15, -0.1) is 24.8 Å². The topological polar surface area (TPSA) is 85.8 Å². The summed E-state index contributed by atoms with van der Waals surface area (Å²) in [6, 6.07) is 2.13. The van der Waals surface area contributed by atoms with Crippen molar-refractivity contribution in [3.63, 3.8) is 0 Å². The maximum atomic E-state index is 12.7. The van der Waals surface area contributed by atoms with E-state index in [1.807, 2.05) is 10.7 Å². The van der Waals surface area contributed by atoms with Crippen LogP contribution in [0.1, 0.15) is 68.5 Å². The van der Waals surface area contributed by atoms with Crippen LogP contribution in [0.4, 0.5) is 0 Å². The summed E-state index contributed by atoms with van der Waals surface area (Å²) in [5.41, 5.74) is 8.41. The van der Waals surface area contributed by atoms with E-state index in [0.29, 0.717) is 18.0 Å². The second kappa shape index (κ2) is 9.02. The number of amides is 1. The summed E-state index contributed by atoms with van der Waals surface area (Å²) in [6.45, 7) is 8.79. The number of nitrogens with zero attached hydrogens (tertiary/aromatic N) is 3. The lowest BCUT2D eigenvalue weighted by Gasteiger charge is -2.14. The summed E-state index contributed by atoms with van der Waals surface area (Å²) in [6.07, 6.45) is 4.09. The molecule has 6 nitrogen and oxygen atoms in total. The van der Waals surface area contributed by atoms with Gasteiger partial charge in [-0.05, 0) is 44.6 Å². The predicted molar refractivity (Wildman–Crippen MR) is 110 cm³/mol. The minimum absolute atomic E-state index is 0. The van der Waals surface area contributed by atoms with Gasteiger partial charge in [0.1, 0.15) is 0 Å². The summed E-state index contributed by atoms with van der Waals surface area (Å²) < 4.78 is 1.87. The summed E-state index contributed by atoms with van der Waals surface area (Å²) in [4.78, 5) is 17.5. The van der Waals surface area contributed by atoms with E-state index in [-0.39, 0.29) is 48.7 Å². The molecule has 8 heteroatoms. The van der Waals surface area contributed by atoms with Crippen LogP contribution in [0, 0.1) is 5.92 Å². The number of halogens is 2. The number of aromatic nitrogens is 3. The van der Waals surface area contributed by atoms with Crippen molar-refractivity contribution in [2.24, 2.45) is 11.7 Å². The number of nitrogens with two attached hydrogens (primary N) is 1. The smallest absolute Gasteiger partial charge is 0.252 e. The van der Waals surface area contributed by atoms with E-state index < -0.39 is 0 Å². The van der Waals surface area contributed by atoms with Crippen LogP contribution in [-0.2, 0) is 0 Å². The highest BCUT2D eigenvalue weighted by Crippen LogP contribution is 2.31. The quantitative estimate of drug-likeness (QED) is 0.775. The molecule has 1 saturated carbocycles. The Morgan fingerprint density at radius 3 is 2.50 bits per heavy atom. The summed E-state index contributed by atoms with van der Waals surface area (Å²) in [5, 5.41) is 8.21. The van der Waals surface area contributed by atoms with Crippen molar-refractivity contribution >= 4 is 41.8 Å². The number of rotatable bonds is 6. The van der Waals surface area contributed by atoms with E-state index in [1.54, 1.807) is 6.20 Å². The molecule has 2 aromatic rings. The number of hydrogen-bond acceptors (Lipinski definition) is 4. The zero-order valence-electron chi connectivity index (χ0n) is 15.7. The van der Waals surface area contributed by atoms with E-state index in [4.69, 9.17) is 10.7 Å². The Hall–Kier alpha value is -1.37. The highest BCUT2D eigenvalue weighted by Gasteiger charge is 2.29. The first kappa shape index (κ1) is 22.7. The SMILES string of the molecule is CC(C)c1cc(C(=O)NCC(N)C2CC2)c2cnn(C(C)C)c2n1.Cl.Cl. The third-order valence-corrected chi connectivity index (χ3v) is 4.64. The van der Waals surface area contributed by atoms with Gasteiger partial charge in [0.15, 0.2) is 5.65 Å². The minimum Gasteiger partial charge on any atom is -0.350 e. The number of carbonyl (C=O) groups is 1. The molecule has 3 rings (SSSR count). The fourth-order valence-corrected chi connectivity index (χ4v) is 2.90. The van der Waals surface area contributed by atoms with Gasteiger partial charge in [0.05, 0.1) is 17.1 Å². The second-order valence-corrected chi connectivity index (χ2v) is 7.38. The van der Waals surface area contributed by atoms with Gasteiger partial charge in [0.25, 0.3) is 5.91 Å². The van der Waals surface area contributed by atoms with E-state index in [0.717, 1.165) is 16.7 Å². The highest BCUT2D eigenvalue weighted by molar-refractivity contribution is 6.05. The third kappa shape index (κ3) is 4.67. The van der Waals surface area contributed by atoms with Crippen molar-refractivity contribution < 1.29 is 4.79 Å². The molecule has 1 atom stereocenters. The van der Waals surface area contributed by atoms with Crippen LogP contribution >= 0.6 is 24.8 Å². The first-order chi connectivity index (χ1) is 11.4. The second-order valence-electron chi connectivity index (χ2n) is 7.38. The molecule has 0 radical (unpaired) electrons. The molecule has 1 unspecified atom stereocenters. The molecule has 3 N–H and O–H groups in total. The van der Waals surface area contributed by atoms with Crippen LogP contribution < -0.4 is 11.1 Å². The van der Waals surface area contributed by atoms with Crippen LogP contribution in [0.3, 0.4) is 0 Å². The summed E-state index contributed by atoms with van der Waals surface area (Å²) in [7, 11) is 0. The number of hydrogen-bond donors (Lipinski definition) is 2. The Morgan fingerprint density at radius 1 is 1.31 bits per heavy atom. The van der Waals surface area contributed by atoms with Gasteiger partial charge in [0, 0.05) is 24.3 Å². The molecule has 0 aliphatic heterocycles. The zero-order valence-corrected chi connectivity index (χ0v) is 17.4. The Labute approximate surface area is 167 Å². The van der Waals surface area contributed by atoms with Crippen molar-refractivity contribution in [3.05, 3.63) is 23.5 Å². The molecule has 2 aromatic heterocycles. The van der Waals surface area contributed by atoms with Crippen molar-refractivity contribution in [1.29, 1.82) is 0 Å². The van der Waals surface area contributed by atoms with E-state index in [9.17, 15) is 4.79 Å². The Kier molecular flexibility index (Phi) is 7.86. The molecule has 1 fully saturated rings. The average Bonchev–Trinajstić information content (AvgIpc) is 3.29. The standard InChI is InChI=1S/C18H27N5O.2ClH/c1-10(2)16-7-13(18(24)20-9-15(19)12-5-6-12)14-8-21-23(11(3)4)17(14)22-16;;/h7-8,10-12,15H,5-6,9,19H2,1-4H3,(H,20,24);2*1H. The van der Waals surface area contributed by atoms with Crippen molar-refractivity contribution in [2.75, 3.05) is 6.54 Å². The Balaban J connectivity index is 0.00000169.